The summed E-state index contributed by atoms with van der Waals surface area (Å²) in [6.07, 6.45) is 6.00. The third kappa shape index (κ3) is 5.23. The van der Waals surface area contributed by atoms with E-state index in [1.165, 1.54) is 9.77 Å². The van der Waals surface area contributed by atoms with Crippen LogP contribution in [0.15, 0.2) is 162 Å². The fourth-order valence-electron chi connectivity index (χ4n) is 6.59. The minimum atomic E-state index is -0.738. The number of thiophene rings is 1. The van der Waals surface area contributed by atoms with Crippen LogP contribution in [0.1, 0.15) is 22.3 Å². The molecule has 0 amide bonds. The van der Waals surface area contributed by atoms with E-state index in [0.717, 1.165) is 60.5 Å². The second kappa shape index (κ2) is 12.7. The molecule has 3 aromatic heterocycles. The molecule has 0 radical (unpaired) electrons. The highest BCUT2D eigenvalue weighted by Gasteiger charge is 2.40. The lowest BCUT2D eigenvalue weighted by atomic mass is 9.77. The number of thioether (sulfide) groups is 1. The SMILES string of the molecule is CSc1ccc(-c2ncnc3ccc(-c4cn(C(c5ccccc5)(c5ccccc5)c5ccccc5)nc4-c4ccc(C)cc4)cc23)s1. The lowest BCUT2D eigenvalue weighted by molar-refractivity contribution is 0.461. The summed E-state index contributed by atoms with van der Waals surface area (Å²) in [5.41, 5.74) is 9.80. The average Bonchev–Trinajstić information content (AvgIpc) is 3.82. The summed E-state index contributed by atoms with van der Waals surface area (Å²) >= 11 is 3.51. The summed E-state index contributed by atoms with van der Waals surface area (Å²) in [7, 11) is 0. The number of fused-ring (bicyclic) bond motifs is 1. The first kappa shape index (κ1) is 30.1. The van der Waals surface area contributed by atoms with Gasteiger partial charge in [-0.2, -0.15) is 5.10 Å². The van der Waals surface area contributed by atoms with E-state index >= 15 is 0 Å². The summed E-state index contributed by atoms with van der Waals surface area (Å²) in [4.78, 5) is 10.6. The van der Waals surface area contributed by atoms with Gasteiger partial charge in [-0.25, -0.2) is 9.97 Å². The Bertz CT molecular complexity index is 2230. The maximum Gasteiger partial charge on any atom is 0.138 e. The molecule has 8 rings (SSSR count). The first-order valence-electron chi connectivity index (χ1n) is 15.9. The maximum absolute atomic E-state index is 5.55. The standard InChI is InChI=1S/C42H32N4S2/c1-29-18-20-30(21-19-29)40-36(31-22-23-37-35(26-31)41(44-28-43-37)38-24-25-39(47-2)48-38)27-46(45-40)42(32-12-6-3-7-13-32,33-14-8-4-9-15-33)34-16-10-5-11-17-34/h3-28H,1-2H3. The molecule has 0 aliphatic heterocycles. The predicted molar refractivity (Wildman–Crippen MR) is 201 cm³/mol. The summed E-state index contributed by atoms with van der Waals surface area (Å²) in [6.45, 7) is 2.12. The number of aromatic nitrogens is 4. The second-order valence-corrected chi connectivity index (χ2v) is 14.0. The number of hydrogen-bond donors (Lipinski definition) is 0. The highest BCUT2D eigenvalue weighted by Crippen LogP contribution is 2.44. The van der Waals surface area contributed by atoms with Gasteiger partial charge in [-0.05, 0) is 59.7 Å². The van der Waals surface area contributed by atoms with Crippen molar-refractivity contribution in [1.82, 2.24) is 19.7 Å². The molecule has 0 spiro atoms. The van der Waals surface area contributed by atoms with Crippen molar-refractivity contribution < 1.29 is 0 Å². The van der Waals surface area contributed by atoms with E-state index in [-0.39, 0.29) is 0 Å². The van der Waals surface area contributed by atoms with Crippen LogP contribution in [0.3, 0.4) is 0 Å². The van der Waals surface area contributed by atoms with Gasteiger partial charge in [0.1, 0.15) is 17.6 Å². The minimum absolute atomic E-state index is 0.738. The number of rotatable bonds is 8. The van der Waals surface area contributed by atoms with Gasteiger partial charge in [0.15, 0.2) is 0 Å². The molecule has 232 valence electrons. The molecule has 5 aromatic carbocycles. The zero-order chi connectivity index (χ0) is 32.5. The van der Waals surface area contributed by atoms with E-state index in [9.17, 15) is 0 Å². The molecular formula is C42H32N4S2. The molecule has 8 aromatic rings. The zero-order valence-corrected chi connectivity index (χ0v) is 28.2. The van der Waals surface area contributed by atoms with E-state index in [2.05, 4.69) is 175 Å². The quantitative estimate of drug-likeness (QED) is 0.121. The first-order valence-corrected chi connectivity index (χ1v) is 17.9. The Morgan fingerprint density at radius 3 is 1.81 bits per heavy atom. The largest absolute Gasteiger partial charge is 0.252 e. The molecule has 48 heavy (non-hydrogen) atoms. The van der Waals surface area contributed by atoms with Gasteiger partial charge in [0, 0.05) is 22.7 Å². The van der Waals surface area contributed by atoms with Gasteiger partial charge in [-0.15, -0.1) is 23.1 Å². The number of nitrogens with zero attached hydrogens (tertiary/aromatic N) is 4. The van der Waals surface area contributed by atoms with E-state index in [1.807, 2.05) is 0 Å². The van der Waals surface area contributed by atoms with Crippen LogP contribution >= 0.6 is 23.1 Å². The highest BCUT2D eigenvalue weighted by molar-refractivity contribution is 8.00. The Morgan fingerprint density at radius 2 is 1.23 bits per heavy atom. The van der Waals surface area contributed by atoms with E-state index in [0.29, 0.717) is 0 Å². The van der Waals surface area contributed by atoms with Gasteiger partial charge < -0.3 is 0 Å². The topological polar surface area (TPSA) is 43.6 Å². The van der Waals surface area contributed by atoms with Crippen LogP contribution in [-0.4, -0.2) is 26.0 Å². The normalized spacial score (nSPS) is 11.6. The molecule has 0 fully saturated rings. The molecule has 4 nitrogen and oxygen atoms in total. The van der Waals surface area contributed by atoms with E-state index < -0.39 is 5.54 Å². The van der Waals surface area contributed by atoms with Crippen molar-refractivity contribution >= 4 is 34.0 Å². The molecule has 0 saturated carbocycles. The van der Waals surface area contributed by atoms with Crippen molar-refractivity contribution in [2.45, 2.75) is 16.7 Å². The second-order valence-electron chi connectivity index (χ2n) is 11.8. The molecule has 0 bridgehead atoms. The van der Waals surface area contributed by atoms with Crippen LogP contribution in [-0.2, 0) is 5.54 Å². The Morgan fingerprint density at radius 1 is 0.625 bits per heavy atom. The summed E-state index contributed by atoms with van der Waals surface area (Å²) in [5.74, 6) is 0. The zero-order valence-electron chi connectivity index (χ0n) is 26.6. The van der Waals surface area contributed by atoms with Gasteiger partial charge in [0.25, 0.3) is 0 Å². The third-order valence-corrected chi connectivity index (χ3v) is 11.1. The smallest absolute Gasteiger partial charge is 0.138 e. The molecule has 0 aliphatic carbocycles. The molecule has 0 unspecified atom stereocenters. The van der Waals surface area contributed by atoms with Gasteiger partial charge in [0.2, 0.25) is 0 Å². The summed E-state index contributed by atoms with van der Waals surface area (Å²) < 4.78 is 3.43. The van der Waals surface area contributed by atoms with Gasteiger partial charge in [0.05, 0.1) is 20.3 Å². The molecule has 0 atom stereocenters. The van der Waals surface area contributed by atoms with Crippen LogP contribution in [0.2, 0.25) is 0 Å². The van der Waals surface area contributed by atoms with Crippen LogP contribution in [0.4, 0.5) is 0 Å². The predicted octanol–water partition coefficient (Wildman–Crippen LogP) is 10.8. The van der Waals surface area contributed by atoms with Crippen LogP contribution in [0.25, 0.3) is 43.9 Å². The number of hydrogen-bond acceptors (Lipinski definition) is 5. The summed E-state index contributed by atoms with van der Waals surface area (Å²) in [6, 6.07) is 51.6. The van der Waals surface area contributed by atoms with Crippen molar-refractivity contribution in [3.8, 4) is 33.0 Å². The van der Waals surface area contributed by atoms with Crippen LogP contribution < -0.4 is 0 Å². The number of aryl methyl sites for hydroxylation is 1. The molecule has 0 N–H and O–H groups in total. The van der Waals surface area contributed by atoms with Crippen molar-refractivity contribution in [2.24, 2.45) is 0 Å². The lowest BCUT2D eigenvalue weighted by Crippen LogP contribution is -2.38. The van der Waals surface area contributed by atoms with Crippen LogP contribution in [0.5, 0.6) is 0 Å². The van der Waals surface area contributed by atoms with Crippen molar-refractivity contribution in [2.75, 3.05) is 6.26 Å². The Labute approximate surface area is 288 Å². The Balaban J connectivity index is 1.43. The van der Waals surface area contributed by atoms with Crippen molar-refractivity contribution in [3.63, 3.8) is 0 Å². The monoisotopic (exact) mass is 656 g/mol. The van der Waals surface area contributed by atoms with Gasteiger partial charge in [-0.3, -0.25) is 4.68 Å². The first-order chi connectivity index (χ1) is 23.6. The lowest BCUT2D eigenvalue weighted by Gasteiger charge is -2.36. The van der Waals surface area contributed by atoms with E-state index in [4.69, 9.17) is 10.1 Å². The van der Waals surface area contributed by atoms with Gasteiger partial charge in [-0.1, -0.05) is 127 Å². The molecule has 0 aliphatic rings. The summed E-state index contributed by atoms with van der Waals surface area (Å²) in [5, 5.41) is 6.57. The fraction of sp³-hybridized carbons (Fsp3) is 0.0714. The minimum Gasteiger partial charge on any atom is -0.252 e. The van der Waals surface area contributed by atoms with E-state index in [1.54, 1.807) is 29.4 Å². The molecule has 6 heteroatoms. The maximum atomic E-state index is 5.55. The molecule has 0 saturated heterocycles. The number of benzene rings is 5. The van der Waals surface area contributed by atoms with Gasteiger partial charge >= 0.3 is 0 Å². The molecular weight excluding hydrogens is 625 g/mol. The van der Waals surface area contributed by atoms with Crippen molar-refractivity contribution in [3.05, 3.63) is 180 Å². The third-order valence-electron chi connectivity index (χ3n) is 8.92. The highest BCUT2D eigenvalue weighted by atomic mass is 32.2. The molecule has 3 heterocycles. The fourth-order valence-corrected chi connectivity index (χ4v) is 8.15. The average molecular weight is 657 g/mol. The Kier molecular flexibility index (Phi) is 7.96. The van der Waals surface area contributed by atoms with Crippen molar-refractivity contribution in [1.29, 1.82) is 0 Å². The Hall–Kier alpha value is -5.30. The van der Waals surface area contributed by atoms with Crippen LogP contribution in [0, 0.1) is 6.92 Å².